The number of hydrogen-bond donors (Lipinski definition) is 1. The molecule has 3 heteroatoms. The van der Waals surface area contributed by atoms with Crippen molar-refractivity contribution in [2.75, 3.05) is 13.1 Å². The van der Waals surface area contributed by atoms with Crippen LogP contribution in [0.5, 0.6) is 0 Å². The van der Waals surface area contributed by atoms with E-state index < -0.39 is 0 Å². The molecule has 0 bridgehead atoms. The molecule has 114 valence electrons. The van der Waals surface area contributed by atoms with Gasteiger partial charge >= 0.3 is 0 Å². The Labute approximate surface area is 124 Å². The van der Waals surface area contributed by atoms with Gasteiger partial charge in [-0.3, -0.25) is 10.2 Å². The van der Waals surface area contributed by atoms with Crippen LogP contribution in [0.1, 0.15) is 65.7 Å². The minimum absolute atomic E-state index is 0.374. The molecule has 1 aliphatic heterocycles. The molecule has 20 heavy (non-hydrogen) atoms. The summed E-state index contributed by atoms with van der Waals surface area (Å²) < 4.78 is 0. The number of hydrogen-bond acceptors (Lipinski definition) is 3. The number of fused-ring (bicyclic) bond motifs is 1. The van der Waals surface area contributed by atoms with Crippen LogP contribution in [-0.4, -0.2) is 35.6 Å². The van der Waals surface area contributed by atoms with Gasteiger partial charge < -0.3 is 0 Å². The van der Waals surface area contributed by atoms with Gasteiger partial charge in [-0.15, -0.1) is 0 Å². The van der Waals surface area contributed by atoms with Gasteiger partial charge in [-0.05, 0) is 71.4 Å². The monoisotopic (exact) mass is 277 g/mol. The van der Waals surface area contributed by atoms with E-state index in [0.717, 1.165) is 31.3 Å². The third-order valence-electron chi connectivity index (χ3n) is 5.32. The first-order valence-electron chi connectivity index (χ1n) is 8.51. The highest BCUT2D eigenvalue weighted by molar-refractivity contribution is 5.06. The fraction of sp³-hybridized carbons (Fsp3) is 0.941. The average molecular weight is 277 g/mol. The van der Waals surface area contributed by atoms with Crippen LogP contribution < -0.4 is 5.32 Å². The smallest absolute Gasteiger partial charge is 0.105 e. The van der Waals surface area contributed by atoms with Gasteiger partial charge in [0.2, 0.25) is 0 Å². The molecule has 2 rings (SSSR count). The highest BCUT2D eigenvalue weighted by Crippen LogP contribution is 2.38. The summed E-state index contributed by atoms with van der Waals surface area (Å²) >= 11 is 0. The number of rotatable bonds is 6. The lowest BCUT2D eigenvalue weighted by atomic mass is 9.87. The summed E-state index contributed by atoms with van der Waals surface area (Å²) in [5, 5.41) is 13.0. The second-order valence-electron chi connectivity index (χ2n) is 7.06. The lowest BCUT2D eigenvalue weighted by Gasteiger charge is -2.43. The van der Waals surface area contributed by atoms with Crippen molar-refractivity contribution in [3.8, 4) is 6.07 Å². The van der Waals surface area contributed by atoms with E-state index in [2.05, 4.69) is 37.1 Å². The largest absolute Gasteiger partial charge is 0.300 e. The Kier molecular flexibility index (Phi) is 5.46. The molecule has 1 saturated heterocycles. The predicted octanol–water partition coefficient (Wildman–Crippen LogP) is 3.31. The van der Waals surface area contributed by atoms with E-state index in [0.29, 0.717) is 6.04 Å². The fourth-order valence-corrected chi connectivity index (χ4v) is 4.31. The van der Waals surface area contributed by atoms with Crippen molar-refractivity contribution in [2.24, 2.45) is 5.92 Å². The molecule has 0 spiro atoms. The highest BCUT2D eigenvalue weighted by atomic mass is 15.2. The van der Waals surface area contributed by atoms with E-state index in [1.54, 1.807) is 0 Å². The lowest BCUT2D eigenvalue weighted by Crippen LogP contribution is -2.52. The fourth-order valence-electron chi connectivity index (χ4n) is 4.31. The summed E-state index contributed by atoms with van der Waals surface area (Å²) in [5.41, 5.74) is -0.374. The van der Waals surface area contributed by atoms with E-state index in [-0.39, 0.29) is 5.54 Å². The van der Waals surface area contributed by atoms with Crippen LogP contribution in [-0.2, 0) is 0 Å². The van der Waals surface area contributed by atoms with Gasteiger partial charge in [0.25, 0.3) is 0 Å². The summed E-state index contributed by atoms with van der Waals surface area (Å²) in [6.07, 6.45) is 9.00. The van der Waals surface area contributed by atoms with E-state index in [1.807, 2.05) is 0 Å². The zero-order valence-electron chi connectivity index (χ0n) is 13.5. The van der Waals surface area contributed by atoms with Gasteiger partial charge in [0.05, 0.1) is 6.07 Å². The Bertz CT molecular complexity index is 349. The Morgan fingerprint density at radius 3 is 2.80 bits per heavy atom. The molecule has 1 saturated carbocycles. The maximum atomic E-state index is 9.52. The minimum atomic E-state index is -0.374. The third kappa shape index (κ3) is 3.54. The number of nitriles is 1. The Balaban J connectivity index is 1.96. The first kappa shape index (κ1) is 15.8. The van der Waals surface area contributed by atoms with Gasteiger partial charge in [-0.1, -0.05) is 13.3 Å². The topological polar surface area (TPSA) is 39.1 Å². The molecule has 1 aliphatic carbocycles. The van der Waals surface area contributed by atoms with Crippen LogP contribution in [0.25, 0.3) is 0 Å². The summed E-state index contributed by atoms with van der Waals surface area (Å²) in [4.78, 5) is 2.71. The first-order valence-corrected chi connectivity index (χ1v) is 8.51. The van der Waals surface area contributed by atoms with E-state index >= 15 is 0 Å². The number of nitrogens with zero attached hydrogens (tertiary/aromatic N) is 2. The third-order valence-corrected chi connectivity index (χ3v) is 5.32. The molecule has 4 unspecified atom stereocenters. The van der Waals surface area contributed by atoms with Crippen LogP contribution in [0.2, 0.25) is 0 Å². The molecule has 2 fully saturated rings. The molecule has 1 N–H and O–H groups in total. The quantitative estimate of drug-likeness (QED) is 0.809. The molecule has 1 heterocycles. The molecule has 2 aliphatic rings. The summed E-state index contributed by atoms with van der Waals surface area (Å²) in [6.45, 7) is 8.71. The molecule has 4 atom stereocenters. The Hall–Kier alpha value is -0.590. The molecule has 0 aromatic rings. The standard InChI is InChI=1S/C17H31N3/c1-4-10-19-17(3,13-18)12-14(2)20-11-6-8-15-7-5-9-16(15)20/h14-16,19H,4-12H2,1-3H3. The Morgan fingerprint density at radius 1 is 1.35 bits per heavy atom. The van der Waals surface area contributed by atoms with Crippen molar-refractivity contribution in [3.05, 3.63) is 0 Å². The van der Waals surface area contributed by atoms with Crippen molar-refractivity contribution < 1.29 is 0 Å². The van der Waals surface area contributed by atoms with Gasteiger partial charge in [-0.2, -0.15) is 5.26 Å². The van der Waals surface area contributed by atoms with Gasteiger partial charge in [-0.25, -0.2) is 0 Å². The number of nitrogens with one attached hydrogen (secondary N) is 1. The van der Waals surface area contributed by atoms with Gasteiger partial charge in [0, 0.05) is 12.1 Å². The van der Waals surface area contributed by atoms with Crippen LogP contribution >= 0.6 is 0 Å². The molecule has 0 amide bonds. The minimum Gasteiger partial charge on any atom is -0.300 e. The molecule has 0 aromatic carbocycles. The molecular formula is C17H31N3. The first-order chi connectivity index (χ1) is 9.59. The molecule has 0 aromatic heterocycles. The van der Waals surface area contributed by atoms with E-state index in [4.69, 9.17) is 0 Å². The van der Waals surface area contributed by atoms with Crippen molar-refractivity contribution in [1.29, 1.82) is 5.26 Å². The van der Waals surface area contributed by atoms with Crippen LogP contribution in [0.15, 0.2) is 0 Å². The Morgan fingerprint density at radius 2 is 2.10 bits per heavy atom. The number of piperidine rings is 1. The normalized spacial score (nSPS) is 31.3. The molecular weight excluding hydrogens is 246 g/mol. The summed E-state index contributed by atoms with van der Waals surface area (Å²) in [6, 6.07) is 3.81. The molecule has 0 radical (unpaired) electrons. The zero-order valence-corrected chi connectivity index (χ0v) is 13.5. The van der Waals surface area contributed by atoms with Gasteiger partial charge in [0.15, 0.2) is 0 Å². The van der Waals surface area contributed by atoms with Crippen LogP contribution in [0.3, 0.4) is 0 Å². The highest BCUT2D eigenvalue weighted by Gasteiger charge is 2.38. The SMILES string of the molecule is CCCNC(C)(C#N)CC(C)N1CCCC2CCCC21. The van der Waals surface area contributed by atoms with E-state index in [1.165, 1.54) is 38.6 Å². The second-order valence-corrected chi connectivity index (χ2v) is 7.06. The van der Waals surface area contributed by atoms with Crippen molar-refractivity contribution in [2.45, 2.75) is 83.3 Å². The predicted molar refractivity (Wildman–Crippen MR) is 83.5 cm³/mol. The van der Waals surface area contributed by atoms with Crippen molar-refractivity contribution in [3.63, 3.8) is 0 Å². The summed E-state index contributed by atoms with van der Waals surface area (Å²) in [7, 11) is 0. The van der Waals surface area contributed by atoms with Gasteiger partial charge in [0.1, 0.15) is 5.54 Å². The van der Waals surface area contributed by atoms with E-state index in [9.17, 15) is 5.26 Å². The summed E-state index contributed by atoms with van der Waals surface area (Å²) in [5.74, 6) is 0.933. The van der Waals surface area contributed by atoms with Crippen LogP contribution in [0.4, 0.5) is 0 Å². The van der Waals surface area contributed by atoms with Crippen LogP contribution in [0, 0.1) is 17.2 Å². The maximum Gasteiger partial charge on any atom is 0.105 e. The zero-order chi connectivity index (χ0) is 14.6. The average Bonchev–Trinajstić information content (AvgIpc) is 2.93. The maximum absolute atomic E-state index is 9.52. The second kappa shape index (κ2) is 6.91. The lowest BCUT2D eigenvalue weighted by molar-refractivity contribution is 0.0625. The van der Waals surface area contributed by atoms with Crippen molar-refractivity contribution in [1.82, 2.24) is 10.2 Å². The molecule has 3 nitrogen and oxygen atoms in total. The van der Waals surface area contributed by atoms with Crippen molar-refractivity contribution >= 4 is 0 Å². The number of likely N-dealkylation sites (tertiary alicyclic amines) is 1.